The first-order valence-electron chi connectivity index (χ1n) is 6.96. The molecule has 102 valence electrons. The Balaban J connectivity index is 1.64. The van der Waals surface area contributed by atoms with Crippen LogP contribution >= 0.6 is 11.8 Å². The molecule has 1 heterocycles. The molecule has 0 saturated heterocycles. The standard InChI is InChI=1S/C15H20N2OS/c1-19-13-4-3-12(9-13)17-15(18)11-2-5-14-10(8-11)6-7-16-14/h2,5,8,12-13,16H,3-4,6-7,9H2,1H3,(H,17,18). The van der Waals surface area contributed by atoms with E-state index in [1.807, 2.05) is 30.0 Å². The lowest BCUT2D eigenvalue weighted by Crippen LogP contribution is -2.33. The van der Waals surface area contributed by atoms with Crippen molar-refractivity contribution in [2.24, 2.45) is 0 Å². The van der Waals surface area contributed by atoms with Crippen LogP contribution in [0.2, 0.25) is 0 Å². The van der Waals surface area contributed by atoms with E-state index in [-0.39, 0.29) is 5.91 Å². The molecule has 1 fully saturated rings. The first-order valence-corrected chi connectivity index (χ1v) is 8.25. The van der Waals surface area contributed by atoms with E-state index in [2.05, 4.69) is 16.9 Å². The molecule has 19 heavy (non-hydrogen) atoms. The van der Waals surface area contributed by atoms with Gasteiger partial charge in [0.2, 0.25) is 0 Å². The summed E-state index contributed by atoms with van der Waals surface area (Å²) < 4.78 is 0. The van der Waals surface area contributed by atoms with Crippen LogP contribution in [0.3, 0.4) is 0 Å². The van der Waals surface area contributed by atoms with E-state index in [9.17, 15) is 4.79 Å². The van der Waals surface area contributed by atoms with Gasteiger partial charge in [-0.2, -0.15) is 11.8 Å². The van der Waals surface area contributed by atoms with Gasteiger partial charge in [-0.05, 0) is 55.7 Å². The molecule has 0 radical (unpaired) electrons. The largest absolute Gasteiger partial charge is 0.384 e. The van der Waals surface area contributed by atoms with Gasteiger partial charge in [-0.3, -0.25) is 4.79 Å². The molecule has 3 rings (SSSR count). The van der Waals surface area contributed by atoms with Gasteiger partial charge in [-0.25, -0.2) is 0 Å². The third kappa shape index (κ3) is 2.73. The zero-order valence-corrected chi connectivity index (χ0v) is 12.1. The number of anilines is 1. The molecule has 0 spiro atoms. The van der Waals surface area contributed by atoms with Crippen molar-refractivity contribution in [3.05, 3.63) is 29.3 Å². The van der Waals surface area contributed by atoms with Crippen LogP contribution in [0.1, 0.15) is 35.2 Å². The molecule has 2 atom stereocenters. The summed E-state index contributed by atoms with van der Waals surface area (Å²) in [6.07, 6.45) is 6.63. The Morgan fingerprint density at radius 1 is 1.42 bits per heavy atom. The highest BCUT2D eigenvalue weighted by atomic mass is 32.2. The minimum Gasteiger partial charge on any atom is -0.384 e. The number of carbonyl (C=O) groups excluding carboxylic acids is 1. The average Bonchev–Trinajstić information content (AvgIpc) is 3.05. The van der Waals surface area contributed by atoms with Crippen molar-refractivity contribution < 1.29 is 4.79 Å². The predicted molar refractivity (Wildman–Crippen MR) is 81.0 cm³/mol. The first kappa shape index (κ1) is 12.9. The molecule has 3 nitrogen and oxygen atoms in total. The summed E-state index contributed by atoms with van der Waals surface area (Å²) in [5.74, 6) is 0.0847. The van der Waals surface area contributed by atoms with Gasteiger partial charge in [-0.1, -0.05) is 0 Å². The van der Waals surface area contributed by atoms with Crippen molar-refractivity contribution >= 4 is 23.4 Å². The predicted octanol–water partition coefficient (Wildman–Crippen LogP) is 2.67. The van der Waals surface area contributed by atoms with E-state index in [1.54, 1.807) is 0 Å². The van der Waals surface area contributed by atoms with Crippen LogP contribution in [-0.4, -0.2) is 30.0 Å². The van der Waals surface area contributed by atoms with E-state index in [1.165, 1.54) is 17.7 Å². The number of hydrogen-bond donors (Lipinski definition) is 2. The van der Waals surface area contributed by atoms with Crippen LogP contribution in [0.5, 0.6) is 0 Å². The number of carbonyl (C=O) groups is 1. The molecule has 4 heteroatoms. The van der Waals surface area contributed by atoms with Gasteiger partial charge in [0.15, 0.2) is 0 Å². The van der Waals surface area contributed by atoms with Crippen LogP contribution in [0.25, 0.3) is 0 Å². The van der Waals surface area contributed by atoms with E-state index < -0.39 is 0 Å². The summed E-state index contributed by atoms with van der Waals surface area (Å²) >= 11 is 1.92. The molecule has 2 unspecified atom stereocenters. The van der Waals surface area contributed by atoms with Crippen LogP contribution in [-0.2, 0) is 6.42 Å². The number of fused-ring (bicyclic) bond motifs is 1. The number of hydrogen-bond acceptors (Lipinski definition) is 3. The molecule has 0 bridgehead atoms. The van der Waals surface area contributed by atoms with Gasteiger partial charge < -0.3 is 10.6 Å². The third-order valence-electron chi connectivity index (χ3n) is 4.13. The Labute approximate surface area is 118 Å². The van der Waals surface area contributed by atoms with Crippen molar-refractivity contribution in [2.45, 2.75) is 37.0 Å². The van der Waals surface area contributed by atoms with E-state index >= 15 is 0 Å². The number of rotatable bonds is 3. The Bertz CT molecular complexity index is 489. The van der Waals surface area contributed by atoms with E-state index in [0.29, 0.717) is 6.04 Å². The lowest BCUT2D eigenvalue weighted by Gasteiger charge is -2.13. The molecule has 1 aromatic rings. The number of benzene rings is 1. The maximum absolute atomic E-state index is 12.3. The van der Waals surface area contributed by atoms with Crippen molar-refractivity contribution in [1.29, 1.82) is 0 Å². The topological polar surface area (TPSA) is 41.1 Å². The van der Waals surface area contributed by atoms with Crippen molar-refractivity contribution in [3.63, 3.8) is 0 Å². The molecule has 1 aliphatic carbocycles. The second-order valence-corrected chi connectivity index (χ2v) is 6.53. The summed E-state index contributed by atoms with van der Waals surface area (Å²) in [5, 5.41) is 7.21. The minimum absolute atomic E-state index is 0.0847. The maximum Gasteiger partial charge on any atom is 0.251 e. The molecule has 1 aromatic carbocycles. The zero-order chi connectivity index (χ0) is 13.2. The summed E-state index contributed by atoms with van der Waals surface area (Å²) in [5.41, 5.74) is 3.25. The average molecular weight is 276 g/mol. The molecule has 0 aromatic heterocycles. The summed E-state index contributed by atoms with van der Waals surface area (Å²) in [6.45, 7) is 0.985. The molecular formula is C15H20N2OS. The quantitative estimate of drug-likeness (QED) is 0.892. The Kier molecular flexibility index (Phi) is 3.69. The van der Waals surface area contributed by atoms with E-state index in [4.69, 9.17) is 0 Å². The van der Waals surface area contributed by atoms with Gasteiger partial charge >= 0.3 is 0 Å². The Morgan fingerprint density at radius 3 is 3.11 bits per heavy atom. The van der Waals surface area contributed by atoms with Crippen molar-refractivity contribution in [1.82, 2.24) is 5.32 Å². The van der Waals surface area contributed by atoms with Crippen LogP contribution in [0, 0.1) is 0 Å². The SMILES string of the molecule is CSC1CCC(NC(=O)c2ccc3c(c2)CCN3)C1. The molecule has 1 amide bonds. The first-order chi connectivity index (χ1) is 9.26. The molecule has 1 saturated carbocycles. The molecular weight excluding hydrogens is 256 g/mol. The normalized spacial score (nSPS) is 24.9. The third-order valence-corrected chi connectivity index (χ3v) is 5.23. The molecule has 1 aliphatic heterocycles. The van der Waals surface area contributed by atoms with E-state index in [0.717, 1.165) is 36.6 Å². The van der Waals surface area contributed by atoms with Crippen molar-refractivity contribution in [2.75, 3.05) is 18.1 Å². The minimum atomic E-state index is 0.0847. The Hall–Kier alpha value is -1.16. The lowest BCUT2D eigenvalue weighted by atomic mass is 10.1. The second kappa shape index (κ2) is 5.45. The monoisotopic (exact) mass is 276 g/mol. The number of nitrogens with one attached hydrogen (secondary N) is 2. The highest BCUT2D eigenvalue weighted by molar-refractivity contribution is 7.99. The fourth-order valence-electron chi connectivity index (χ4n) is 3.00. The molecule has 2 N–H and O–H groups in total. The highest BCUT2D eigenvalue weighted by Gasteiger charge is 2.25. The summed E-state index contributed by atoms with van der Waals surface area (Å²) in [4.78, 5) is 12.3. The Morgan fingerprint density at radius 2 is 2.32 bits per heavy atom. The van der Waals surface area contributed by atoms with Gasteiger partial charge in [-0.15, -0.1) is 0 Å². The van der Waals surface area contributed by atoms with Gasteiger partial charge in [0.25, 0.3) is 5.91 Å². The van der Waals surface area contributed by atoms with Crippen LogP contribution in [0.15, 0.2) is 18.2 Å². The number of thioether (sulfide) groups is 1. The molecule has 2 aliphatic rings. The van der Waals surface area contributed by atoms with Crippen LogP contribution < -0.4 is 10.6 Å². The number of amides is 1. The van der Waals surface area contributed by atoms with Gasteiger partial charge in [0, 0.05) is 29.1 Å². The second-order valence-electron chi connectivity index (χ2n) is 5.39. The highest BCUT2D eigenvalue weighted by Crippen LogP contribution is 2.28. The summed E-state index contributed by atoms with van der Waals surface area (Å²) in [6, 6.07) is 6.34. The summed E-state index contributed by atoms with van der Waals surface area (Å²) in [7, 11) is 0. The fourth-order valence-corrected chi connectivity index (χ4v) is 3.80. The van der Waals surface area contributed by atoms with Crippen LogP contribution in [0.4, 0.5) is 5.69 Å². The van der Waals surface area contributed by atoms with Gasteiger partial charge in [0.05, 0.1) is 0 Å². The maximum atomic E-state index is 12.3. The smallest absolute Gasteiger partial charge is 0.251 e. The van der Waals surface area contributed by atoms with Crippen molar-refractivity contribution in [3.8, 4) is 0 Å². The lowest BCUT2D eigenvalue weighted by molar-refractivity contribution is 0.0938. The zero-order valence-electron chi connectivity index (χ0n) is 11.2. The fraction of sp³-hybridized carbons (Fsp3) is 0.533. The van der Waals surface area contributed by atoms with Gasteiger partial charge in [0.1, 0.15) is 0 Å².